The lowest BCUT2D eigenvalue weighted by Crippen LogP contribution is -2.45. The first-order chi connectivity index (χ1) is 30.0. The van der Waals surface area contributed by atoms with Crippen LogP contribution in [-0.2, 0) is 14.3 Å². The summed E-state index contributed by atoms with van der Waals surface area (Å²) < 4.78 is 5.48. The van der Waals surface area contributed by atoms with E-state index in [0.717, 1.165) is 57.8 Å². The third-order valence-corrected chi connectivity index (χ3v) is 13.2. The van der Waals surface area contributed by atoms with E-state index in [0.29, 0.717) is 25.9 Å². The minimum absolute atomic E-state index is 0.00401. The number of aliphatic hydroxyl groups excluding tert-OH is 2. The first-order valence-corrected chi connectivity index (χ1v) is 27.8. The number of amides is 1. The molecule has 0 aliphatic rings. The van der Waals surface area contributed by atoms with Crippen LogP contribution in [0.1, 0.15) is 316 Å². The highest BCUT2D eigenvalue weighted by Crippen LogP contribution is 2.18. The van der Waals surface area contributed by atoms with Crippen LogP contribution in [0.15, 0.2) is 0 Å². The summed E-state index contributed by atoms with van der Waals surface area (Å²) in [5.74, 6) is -0.0520. The number of esters is 1. The van der Waals surface area contributed by atoms with Crippen LogP contribution in [0.3, 0.4) is 0 Å². The summed E-state index contributed by atoms with van der Waals surface area (Å²) in [6.07, 6.45) is 57.9. The zero-order valence-corrected chi connectivity index (χ0v) is 41.4. The summed E-state index contributed by atoms with van der Waals surface area (Å²) in [5, 5.41) is 23.2. The van der Waals surface area contributed by atoms with E-state index in [-0.39, 0.29) is 18.5 Å². The number of hydrogen-bond donors (Lipinski definition) is 3. The molecule has 0 bridgehead atoms. The fraction of sp³-hybridized carbons (Fsp3) is 0.964. The van der Waals surface area contributed by atoms with Gasteiger partial charge in [0.25, 0.3) is 0 Å². The van der Waals surface area contributed by atoms with Gasteiger partial charge in [-0.25, -0.2) is 0 Å². The second kappa shape index (κ2) is 51.5. The standard InChI is InChI=1S/C55H109NO5/c1-3-5-7-9-11-13-15-17-19-20-21-22-24-29-33-37-41-45-49-55(60)61-50-46-42-38-34-30-26-25-28-32-36-40-44-48-54(59)56-52(51-57)53(58)47-43-39-35-31-27-23-18-16-14-12-10-8-6-4-2/h52-53,57-58H,3-51H2,1-2H3,(H,56,59). The molecule has 0 spiro atoms. The molecule has 2 unspecified atom stereocenters. The Morgan fingerprint density at radius 1 is 0.393 bits per heavy atom. The van der Waals surface area contributed by atoms with Gasteiger partial charge in [-0.05, 0) is 25.7 Å². The molecular weight excluding hydrogens is 755 g/mol. The first kappa shape index (κ1) is 59.9. The average Bonchev–Trinajstić information content (AvgIpc) is 3.26. The maximum Gasteiger partial charge on any atom is 0.305 e. The molecule has 6 nitrogen and oxygen atoms in total. The van der Waals surface area contributed by atoms with Crippen LogP contribution in [0.2, 0.25) is 0 Å². The predicted octanol–water partition coefficient (Wildman–Crippen LogP) is 16.7. The van der Waals surface area contributed by atoms with Gasteiger partial charge in [-0.15, -0.1) is 0 Å². The molecule has 0 aliphatic carbocycles. The Kier molecular flexibility index (Phi) is 50.5. The van der Waals surface area contributed by atoms with Crippen molar-refractivity contribution in [2.24, 2.45) is 0 Å². The van der Waals surface area contributed by atoms with Gasteiger partial charge >= 0.3 is 5.97 Å². The van der Waals surface area contributed by atoms with Crippen molar-refractivity contribution in [3.63, 3.8) is 0 Å². The Balaban J connectivity index is 3.41. The van der Waals surface area contributed by atoms with Crippen LogP contribution in [0.4, 0.5) is 0 Å². The summed E-state index contributed by atoms with van der Waals surface area (Å²) in [6, 6.07) is -0.551. The number of aliphatic hydroxyl groups is 2. The van der Waals surface area contributed by atoms with Crippen molar-refractivity contribution in [3.8, 4) is 0 Å². The van der Waals surface area contributed by atoms with Crippen molar-refractivity contribution in [2.75, 3.05) is 13.2 Å². The maximum atomic E-state index is 12.5. The highest BCUT2D eigenvalue weighted by Gasteiger charge is 2.20. The monoisotopic (exact) mass is 864 g/mol. The summed E-state index contributed by atoms with van der Waals surface area (Å²) in [5.41, 5.74) is 0. The van der Waals surface area contributed by atoms with Crippen molar-refractivity contribution in [1.29, 1.82) is 0 Å². The molecule has 1 amide bonds. The number of carbonyl (C=O) groups excluding carboxylic acids is 2. The van der Waals surface area contributed by atoms with E-state index >= 15 is 0 Å². The largest absolute Gasteiger partial charge is 0.466 e. The van der Waals surface area contributed by atoms with Crippen molar-refractivity contribution in [1.82, 2.24) is 5.32 Å². The third kappa shape index (κ3) is 48.2. The van der Waals surface area contributed by atoms with Gasteiger partial charge in [0.2, 0.25) is 5.91 Å². The van der Waals surface area contributed by atoms with Crippen LogP contribution in [0.5, 0.6) is 0 Å². The molecule has 6 heteroatoms. The Hall–Kier alpha value is -1.14. The third-order valence-electron chi connectivity index (χ3n) is 13.2. The van der Waals surface area contributed by atoms with Gasteiger partial charge in [-0.1, -0.05) is 277 Å². The van der Waals surface area contributed by atoms with Gasteiger partial charge in [0.05, 0.1) is 25.4 Å². The molecule has 0 heterocycles. The van der Waals surface area contributed by atoms with E-state index in [1.807, 2.05) is 0 Å². The smallest absolute Gasteiger partial charge is 0.305 e. The summed E-state index contributed by atoms with van der Waals surface area (Å²) in [6.45, 7) is 4.94. The highest BCUT2D eigenvalue weighted by molar-refractivity contribution is 5.76. The van der Waals surface area contributed by atoms with Crippen LogP contribution >= 0.6 is 0 Å². The fourth-order valence-corrected chi connectivity index (χ4v) is 8.88. The van der Waals surface area contributed by atoms with E-state index in [1.165, 1.54) is 225 Å². The maximum absolute atomic E-state index is 12.5. The van der Waals surface area contributed by atoms with Gasteiger partial charge in [0.1, 0.15) is 0 Å². The van der Waals surface area contributed by atoms with Gasteiger partial charge in [0.15, 0.2) is 0 Å². The van der Waals surface area contributed by atoms with Crippen LogP contribution in [0, 0.1) is 0 Å². The zero-order chi connectivity index (χ0) is 44.4. The van der Waals surface area contributed by atoms with Crippen molar-refractivity contribution in [2.45, 2.75) is 328 Å². The molecule has 0 aromatic heterocycles. The van der Waals surface area contributed by atoms with E-state index < -0.39 is 12.1 Å². The molecule has 0 aromatic carbocycles. The number of rotatable bonds is 52. The number of carbonyl (C=O) groups is 2. The van der Waals surface area contributed by atoms with Gasteiger partial charge < -0.3 is 20.3 Å². The van der Waals surface area contributed by atoms with Crippen molar-refractivity contribution < 1.29 is 24.5 Å². The fourth-order valence-electron chi connectivity index (χ4n) is 8.88. The molecule has 0 radical (unpaired) electrons. The lowest BCUT2D eigenvalue weighted by molar-refractivity contribution is -0.143. The second-order valence-corrected chi connectivity index (χ2v) is 19.3. The topological polar surface area (TPSA) is 95.9 Å². The Labute approximate surface area is 381 Å². The minimum atomic E-state index is -0.672. The van der Waals surface area contributed by atoms with Crippen LogP contribution in [0.25, 0.3) is 0 Å². The van der Waals surface area contributed by atoms with Gasteiger partial charge in [0, 0.05) is 12.8 Å². The van der Waals surface area contributed by atoms with Gasteiger partial charge in [-0.2, -0.15) is 0 Å². The number of unbranched alkanes of at least 4 members (excludes halogenated alkanes) is 41. The molecular formula is C55H109NO5. The average molecular weight is 864 g/mol. The lowest BCUT2D eigenvalue weighted by atomic mass is 10.0. The Morgan fingerprint density at radius 2 is 0.672 bits per heavy atom. The molecule has 3 N–H and O–H groups in total. The molecule has 0 fully saturated rings. The SMILES string of the molecule is CCCCCCCCCCCCCCCCCCCCC(=O)OCCCCCCCCCCCCCCC(=O)NC(CO)C(O)CCCCCCCCCCCCCCCC. The molecule has 364 valence electrons. The Morgan fingerprint density at radius 3 is 1.00 bits per heavy atom. The highest BCUT2D eigenvalue weighted by atomic mass is 16.5. The predicted molar refractivity (Wildman–Crippen MR) is 264 cm³/mol. The number of hydrogen-bond acceptors (Lipinski definition) is 5. The molecule has 2 atom stereocenters. The first-order valence-electron chi connectivity index (χ1n) is 27.8. The molecule has 61 heavy (non-hydrogen) atoms. The van der Waals surface area contributed by atoms with Crippen LogP contribution < -0.4 is 5.32 Å². The molecule has 0 saturated carbocycles. The summed E-state index contributed by atoms with van der Waals surface area (Å²) in [4.78, 5) is 24.5. The summed E-state index contributed by atoms with van der Waals surface area (Å²) >= 11 is 0. The normalized spacial score (nSPS) is 12.5. The van der Waals surface area contributed by atoms with Crippen molar-refractivity contribution in [3.05, 3.63) is 0 Å². The number of ether oxygens (including phenoxy) is 1. The molecule has 0 aliphatic heterocycles. The summed E-state index contributed by atoms with van der Waals surface area (Å²) in [7, 11) is 0. The van der Waals surface area contributed by atoms with Crippen molar-refractivity contribution >= 4 is 11.9 Å². The molecule has 0 saturated heterocycles. The van der Waals surface area contributed by atoms with E-state index in [9.17, 15) is 19.8 Å². The zero-order valence-electron chi connectivity index (χ0n) is 41.4. The van der Waals surface area contributed by atoms with Gasteiger partial charge in [-0.3, -0.25) is 9.59 Å². The van der Waals surface area contributed by atoms with E-state index in [2.05, 4.69) is 19.2 Å². The second-order valence-electron chi connectivity index (χ2n) is 19.3. The van der Waals surface area contributed by atoms with Crippen LogP contribution in [-0.4, -0.2) is 47.4 Å². The lowest BCUT2D eigenvalue weighted by Gasteiger charge is -2.22. The van der Waals surface area contributed by atoms with E-state index in [1.54, 1.807) is 0 Å². The number of nitrogens with one attached hydrogen (secondary N) is 1. The Bertz CT molecular complexity index is 867. The quantitative estimate of drug-likeness (QED) is 0.0418. The van der Waals surface area contributed by atoms with E-state index in [4.69, 9.17) is 4.74 Å². The molecule has 0 aromatic rings. The minimum Gasteiger partial charge on any atom is -0.466 e. The molecule has 0 rings (SSSR count).